The van der Waals surface area contributed by atoms with Gasteiger partial charge in [-0.05, 0) is 51.7 Å². The molecule has 2 heterocycles. The highest BCUT2D eigenvalue weighted by atomic mass is 16.5. The summed E-state index contributed by atoms with van der Waals surface area (Å²) in [6.45, 7) is 5.57. The van der Waals surface area contributed by atoms with Crippen LogP contribution in [0.1, 0.15) is 62.5 Å². The highest BCUT2D eigenvalue weighted by Gasteiger charge is 2.31. The summed E-state index contributed by atoms with van der Waals surface area (Å²) in [5.41, 5.74) is 1.25. The fraction of sp³-hybridized carbons (Fsp3) is 0.545. The highest BCUT2D eigenvalue weighted by molar-refractivity contribution is 5.81. The lowest BCUT2D eigenvalue weighted by Crippen LogP contribution is -2.45. The van der Waals surface area contributed by atoms with E-state index in [0.717, 1.165) is 31.7 Å². The van der Waals surface area contributed by atoms with E-state index in [0.29, 0.717) is 12.0 Å². The second-order valence-corrected chi connectivity index (χ2v) is 7.89. The van der Waals surface area contributed by atoms with Crippen molar-refractivity contribution < 1.29 is 9.53 Å². The summed E-state index contributed by atoms with van der Waals surface area (Å²) in [7, 11) is 0. The lowest BCUT2D eigenvalue weighted by Gasteiger charge is -2.36. The fourth-order valence-electron chi connectivity index (χ4n) is 4.26. The van der Waals surface area contributed by atoms with E-state index in [1.165, 1.54) is 30.8 Å². The summed E-state index contributed by atoms with van der Waals surface area (Å²) in [6.07, 6.45) is 7.39. The molecule has 1 atom stereocenters. The first-order chi connectivity index (χ1) is 13.1. The number of piperidine rings is 1. The van der Waals surface area contributed by atoms with Gasteiger partial charge in [0.15, 0.2) is 6.10 Å². The molecular formula is C22H29N3O2. The number of amides is 1. The first-order valence-electron chi connectivity index (χ1n) is 10.2. The van der Waals surface area contributed by atoms with Gasteiger partial charge in [0, 0.05) is 36.9 Å². The molecule has 5 heteroatoms. The molecule has 0 bridgehead atoms. The van der Waals surface area contributed by atoms with Crippen LogP contribution < -0.4 is 4.74 Å². The van der Waals surface area contributed by atoms with Gasteiger partial charge in [-0.1, -0.05) is 24.6 Å². The van der Waals surface area contributed by atoms with Crippen molar-refractivity contribution >= 4 is 5.91 Å². The van der Waals surface area contributed by atoms with Crippen LogP contribution in [0.3, 0.4) is 0 Å². The molecule has 144 valence electrons. The Morgan fingerprint density at radius 1 is 1.15 bits per heavy atom. The van der Waals surface area contributed by atoms with Crippen LogP contribution in [0.5, 0.6) is 5.75 Å². The Kier molecular flexibility index (Phi) is 5.19. The van der Waals surface area contributed by atoms with Crippen molar-refractivity contribution in [2.45, 2.75) is 64.0 Å². The van der Waals surface area contributed by atoms with Gasteiger partial charge in [0.2, 0.25) is 0 Å². The number of ether oxygens (including phenoxy) is 1. The maximum absolute atomic E-state index is 12.8. The summed E-state index contributed by atoms with van der Waals surface area (Å²) in [6, 6.07) is 10.0. The second kappa shape index (κ2) is 7.75. The Hall–Kier alpha value is -2.30. The van der Waals surface area contributed by atoms with Gasteiger partial charge in [0.05, 0.1) is 0 Å². The number of para-hydroxylation sites is 1. The first-order valence-corrected chi connectivity index (χ1v) is 10.2. The molecule has 2 aliphatic rings. The van der Waals surface area contributed by atoms with Crippen LogP contribution in [0.2, 0.25) is 0 Å². The van der Waals surface area contributed by atoms with Crippen LogP contribution in [0.4, 0.5) is 0 Å². The van der Waals surface area contributed by atoms with Gasteiger partial charge in [-0.3, -0.25) is 4.79 Å². The average Bonchev–Trinajstić information content (AvgIpc) is 3.01. The van der Waals surface area contributed by atoms with E-state index >= 15 is 0 Å². The number of hydrogen-bond donors (Lipinski definition) is 0. The zero-order valence-corrected chi connectivity index (χ0v) is 16.3. The molecule has 1 saturated carbocycles. The fourth-order valence-corrected chi connectivity index (χ4v) is 4.26. The minimum Gasteiger partial charge on any atom is -0.481 e. The zero-order chi connectivity index (χ0) is 18.8. The lowest BCUT2D eigenvalue weighted by molar-refractivity contribution is -0.139. The summed E-state index contributed by atoms with van der Waals surface area (Å²) in [5, 5.41) is 0. The molecule has 1 aromatic carbocycles. The number of benzene rings is 1. The summed E-state index contributed by atoms with van der Waals surface area (Å²) < 4.78 is 8.27. The zero-order valence-electron chi connectivity index (χ0n) is 16.3. The maximum atomic E-state index is 12.8. The Morgan fingerprint density at radius 3 is 2.48 bits per heavy atom. The van der Waals surface area contributed by atoms with Gasteiger partial charge in [-0.15, -0.1) is 0 Å². The molecular weight excluding hydrogens is 338 g/mol. The highest BCUT2D eigenvalue weighted by Crippen LogP contribution is 2.38. The number of carbonyl (C=O) groups is 1. The minimum absolute atomic E-state index is 0.0823. The SMILES string of the molecule is Cc1cnc(C2CCC2)n1C1CCN(C(=O)C(C)Oc2ccccc2)CC1. The molecule has 2 fully saturated rings. The van der Waals surface area contributed by atoms with Crippen molar-refractivity contribution in [2.24, 2.45) is 0 Å². The Labute approximate surface area is 161 Å². The molecule has 1 saturated heterocycles. The number of carbonyl (C=O) groups excluding carboxylic acids is 1. The summed E-state index contributed by atoms with van der Waals surface area (Å²) in [4.78, 5) is 19.4. The predicted octanol–water partition coefficient (Wildman–Crippen LogP) is 4.09. The van der Waals surface area contributed by atoms with Crippen LogP contribution in [-0.2, 0) is 4.79 Å². The van der Waals surface area contributed by atoms with E-state index < -0.39 is 6.10 Å². The molecule has 1 amide bonds. The van der Waals surface area contributed by atoms with Crippen LogP contribution in [-0.4, -0.2) is 39.6 Å². The molecule has 1 aliphatic heterocycles. The van der Waals surface area contributed by atoms with Crippen molar-refractivity contribution in [1.29, 1.82) is 0 Å². The smallest absolute Gasteiger partial charge is 0.263 e. The third kappa shape index (κ3) is 3.73. The molecule has 0 spiro atoms. The van der Waals surface area contributed by atoms with Gasteiger partial charge in [0.1, 0.15) is 11.6 Å². The normalized spacial score (nSPS) is 19.6. The number of aryl methyl sites for hydroxylation is 1. The Morgan fingerprint density at radius 2 is 1.85 bits per heavy atom. The molecule has 27 heavy (non-hydrogen) atoms. The monoisotopic (exact) mass is 367 g/mol. The molecule has 1 aromatic heterocycles. The van der Waals surface area contributed by atoms with Crippen molar-refractivity contribution in [3.8, 4) is 5.75 Å². The van der Waals surface area contributed by atoms with Gasteiger partial charge >= 0.3 is 0 Å². The van der Waals surface area contributed by atoms with Crippen molar-refractivity contribution in [1.82, 2.24) is 14.5 Å². The number of hydrogen-bond acceptors (Lipinski definition) is 3. The van der Waals surface area contributed by atoms with E-state index in [-0.39, 0.29) is 5.91 Å². The van der Waals surface area contributed by atoms with Crippen LogP contribution >= 0.6 is 0 Å². The van der Waals surface area contributed by atoms with Gasteiger partial charge in [-0.25, -0.2) is 4.98 Å². The quantitative estimate of drug-likeness (QED) is 0.800. The van der Waals surface area contributed by atoms with Crippen LogP contribution in [0.25, 0.3) is 0 Å². The minimum atomic E-state index is -0.454. The maximum Gasteiger partial charge on any atom is 0.263 e. The molecule has 1 aliphatic carbocycles. The molecule has 0 N–H and O–H groups in total. The van der Waals surface area contributed by atoms with Crippen LogP contribution in [0, 0.1) is 6.92 Å². The standard InChI is InChI=1S/C22H29N3O2/c1-16-15-23-21(18-7-6-8-18)25(16)19-11-13-24(14-12-19)22(26)17(2)27-20-9-4-3-5-10-20/h3-5,9-10,15,17-19H,6-8,11-14H2,1-2H3. The topological polar surface area (TPSA) is 47.4 Å². The third-order valence-electron chi connectivity index (χ3n) is 6.03. The summed E-state index contributed by atoms with van der Waals surface area (Å²) in [5.74, 6) is 2.73. The van der Waals surface area contributed by atoms with E-state index in [2.05, 4.69) is 11.5 Å². The number of rotatable bonds is 5. The van der Waals surface area contributed by atoms with Crippen molar-refractivity contribution in [2.75, 3.05) is 13.1 Å². The largest absolute Gasteiger partial charge is 0.481 e. The summed E-state index contributed by atoms with van der Waals surface area (Å²) >= 11 is 0. The van der Waals surface area contributed by atoms with Gasteiger partial charge < -0.3 is 14.2 Å². The van der Waals surface area contributed by atoms with E-state index in [9.17, 15) is 4.79 Å². The Bertz CT molecular complexity index is 774. The first kappa shape index (κ1) is 18.1. The van der Waals surface area contributed by atoms with Gasteiger partial charge in [0.25, 0.3) is 5.91 Å². The van der Waals surface area contributed by atoms with E-state index in [4.69, 9.17) is 9.72 Å². The van der Waals surface area contributed by atoms with Crippen molar-refractivity contribution in [3.63, 3.8) is 0 Å². The molecule has 5 nitrogen and oxygen atoms in total. The number of nitrogens with zero attached hydrogens (tertiary/aromatic N) is 3. The van der Waals surface area contributed by atoms with E-state index in [1.807, 2.05) is 48.4 Å². The van der Waals surface area contributed by atoms with Crippen LogP contribution in [0.15, 0.2) is 36.5 Å². The molecule has 2 aromatic rings. The van der Waals surface area contributed by atoms with E-state index in [1.54, 1.807) is 0 Å². The lowest BCUT2D eigenvalue weighted by atomic mass is 9.84. The third-order valence-corrected chi connectivity index (χ3v) is 6.03. The average molecular weight is 367 g/mol. The second-order valence-electron chi connectivity index (χ2n) is 7.89. The molecule has 4 rings (SSSR count). The molecule has 0 radical (unpaired) electrons. The number of aromatic nitrogens is 2. The van der Waals surface area contributed by atoms with Gasteiger partial charge in [-0.2, -0.15) is 0 Å². The predicted molar refractivity (Wildman–Crippen MR) is 105 cm³/mol. The van der Waals surface area contributed by atoms with Crippen molar-refractivity contribution in [3.05, 3.63) is 48.0 Å². The number of likely N-dealkylation sites (tertiary alicyclic amines) is 1. The number of imidazole rings is 1. The molecule has 1 unspecified atom stereocenters. The Balaban J connectivity index is 1.36.